The molecule has 0 spiro atoms. The van der Waals surface area contributed by atoms with Crippen molar-refractivity contribution in [3.8, 4) is 5.88 Å². The summed E-state index contributed by atoms with van der Waals surface area (Å²) in [5, 5.41) is 26.2. The first-order valence-electron chi connectivity index (χ1n) is 9.02. The minimum absolute atomic E-state index is 0.218. The summed E-state index contributed by atoms with van der Waals surface area (Å²) >= 11 is 0. The fraction of sp³-hybridized carbons (Fsp3) is 0.667. The number of rotatable bonds is 5. The molecule has 1 aromatic heterocycles. The molecule has 2 saturated carbocycles. The van der Waals surface area contributed by atoms with Crippen molar-refractivity contribution in [3.05, 3.63) is 23.9 Å². The van der Waals surface area contributed by atoms with Gasteiger partial charge in [0.2, 0.25) is 5.88 Å². The predicted octanol–water partition coefficient (Wildman–Crippen LogP) is 1.12. The molecule has 138 valence electrons. The molecule has 2 aliphatic rings. The summed E-state index contributed by atoms with van der Waals surface area (Å²) in [6.45, 7) is 2.13. The van der Waals surface area contributed by atoms with Crippen molar-refractivity contribution < 1.29 is 19.7 Å². The molecule has 4 N–H and O–H groups in total. The summed E-state index contributed by atoms with van der Waals surface area (Å²) in [6.07, 6.45) is 2.83. The molecular formula is C18H27N3O4. The van der Waals surface area contributed by atoms with Crippen molar-refractivity contribution in [3.63, 3.8) is 0 Å². The van der Waals surface area contributed by atoms with Crippen molar-refractivity contribution in [2.24, 2.45) is 5.92 Å². The molecule has 7 heteroatoms. The van der Waals surface area contributed by atoms with Gasteiger partial charge in [0.05, 0.1) is 18.8 Å². The molecule has 2 aliphatic carbocycles. The maximum atomic E-state index is 12.1. The number of nitrogens with one attached hydrogen (secondary N) is 2. The predicted molar refractivity (Wildman–Crippen MR) is 92.3 cm³/mol. The molecule has 7 nitrogen and oxygen atoms in total. The third-order valence-corrected chi connectivity index (χ3v) is 5.12. The lowest BCUT2D eigenvalue weighted by molar-refractivity contribution is 0.00291. The zero-order valence-corrected chi connectivity index (χ0v) is 14.5. The molecule has 0 radical (unpaired) electrons. The van der Waals surface area contributed by atoms with Crippen LogP contribution in [-0.4, -0.2) is 52.1 Å². The molecule has 2 amide bonds. The maximum Gasteiger partial charge on any atom is 0.315 e. The van der Waals surface area contributed by atoms with Gasteiger partial charge in [-0.15, -0.1) is 0 Å². The first-order valence-corrected chi connectivity index (χ1v) is 9.02. The molecule has 4 unspecified atom stereocenters. The number of aliphatic hydroxyl groups is 2. The second kappa shape index (κ2) is 8.01. The Hall–Kier alpha value is -1.86. The Labute approximate surface area is 147 Å². The van der Waals surface area contributed by atoms with E-state index >= 15 is 0 Å². The van der Waals surface area contributed by atoms with E-state index in [1.165, 1.54) is 0 Å². The van der Waals surface area contributed by atoms with E-state index in [0.29, 0.717) is 12.3 Å². The number of hydrogen-bond acceptors (Lipinski definition) is 5. The smallest absolute Gasteiger partial charge is 0.315 e. The van der Waals surface area contributed by atoms with Crippen molar-refractivity contribution in [2.45, 2.75) is 63.3 Å². The minimum atomic E-state index is -0.992. The van der Waals surface area contributed by atoms with Crippen molar-refractivity contribution in [1.82, 2.24) is 15.6 Å². The van der Waals surface area contributed by atoms with E-state index in [9.17, 15) is 15.0 Å². The van der Waals surface area contributed by atoms with Crippen LogP contribution in [0.2, 0.25) is 0 Å². The number of aliphatic hydroxyl groups excluding tert-OH is 2. The zero-order valence-electron chi connectivity index (χ0n) is 14.5. The largest absolute Gasteiger partial charge is 0.477 e. The molecule has 2 fully saturated rings. The normalized spacial score (nSPS) is 29.6. The van der Waals surface area contributed by atoms with Gasteiger partial charge in [0.25, 0.3) is 0 Å². The highest BCUT2D eigenvalue weighted by atomic mass is 16.5. The van der Waals surface area contributed by atoms with Crippen LogP contribution < -0.4 is 15.4 Å². The van der Waals surface area contributed by atoms with Crippen LogP contribution in [0.1, 0.15) is 37.8 Å². The zero-order chi connectivity index (χ0) is 17.8. The highest BCUT2D eigenvalue weighted by Gasteiger charge is 2.42. The average molecular weight is 349 g/mol. The summed E-state index contributed by atoms with van der Waals surface area (Å²) in [5.74, 6) is 0.242. The maximum absolute atomic E-state index is 12.1. The lowest BCUT2D eigenvalue weighted by atomic mass is 10.1. The topological polar surface area (TPSA) is 104 Å². The first kappa shape index (κ1) is 17.9. The number of hydrogen-bond donors (Lipinski definition) is 4. The highest BCUT2D eigenvalue weighted by Crippen LogP contribution is 2.27. The molecule has 0 bridgehead atoms. The van der Waals surface area contributed by atoms with Gasteiger partial charge in [0.1, 0.15) is 6.10 Å². The summed E-state index contributed by atoms with van der Waals surface area (Å²) in [5.41, 5.74) is 0.854. The van der Waals surface area contributed by atoms with Gasteiger partial charge in [0.15, 0.2) is 0 Å². The van der Waals surface area contributed by atoms with Crippen LogP contribution in [0.25, 0.3) is 0 Å². The summed E-state index contributed by atoms with van der Waals surface area (Å²) in [6, 6.07) is 4.96. The number of aryl methyl sites for hydroxylation is 1. The van der Waals surface area contributed by atoms with E-state index in [0.717, 1.165) is 31.4 Å². The fourth-order valence-electron chi connectivity index (χ4n) is 3.69. The number of urea groups is 1. The van der Waals surface area contributed by atoms with E-state index in [-0.39, 0.29) is 24.6 Å². The average Bonchev–Trinajstić information content (AvgIpc) is 3.17. The van der Waals surface area contributed by atoms with E-state index in [1.54, 1.807) is 6.07 Å². The Morgan fingerprint density at radius 3 is 2.72 bits per heavy atom. The van der Waals surface area contributed by atoms with Crippen LogP contribution >= 0.6 is 0 Å². The SMILES string of the molecule is Cc1cccc(OCC2CC(NC(=O)NC3CCCC3)C(O)C2O)n1. The van der Waals surface area contributed by atoms with Gasteiger partial charge in [-0.3, -0.25) is 0 Å². The van der Waals surface area contributed by atoms with Crippen LogP contribution in [0.15, 0.2) is 18.2 Å². The summed E-state index contributed by atoms with van der Waals surface area (Å²) in [7, 11) is 0. The van der Waals surface area contributed by atoms with Crippen LogP contribution in [0.5, 0.6) is 5.88 Å². The van der Waals surface area contributed by atoms with E-state index < -0.39 is 18.2 Å². The second-order valence-corrected chi connectivity index (χ2v) is 7.11. The Balaban J connectivity index is 1.49. The van der Waals surface area contributed by atoms with Crippen LogP contribution in [0.4, 0.5) is 4.79 Å². The van der Waals surface area contributed by atoms with Gasteiger partial charge in [-0.25, -0.2) is 9.78 Å². The van der Waals surface area contributed by atoms with Gasteiger partial charge < -0.3 is 25.6 Å². The molecule has 4 atom stereocenters. The molecule has 1 aromatic rings. The summed E-state index contributed by atoms with van der Waals surface area (Å²) < 4.78 is 5.64. The van der Waals surface area contributed by atoms with E-state index in [1.807, 2.05) is 19.1 Å². The standard InChI is InChI=1S/C18H27N3O4/c1-11-5-4-8-15(19-11)25-10-12-9-14(17(23)16(12)22)21-18(24)20-13-6-2-3-7-13/h4-5,8,12-14,16-17,22-23H,2-3,6-7,9-10H2,1H3,(H2,20,21,24). The third kappa shape index (κ3) is 4.61. The third-order valence-electron chi connectivity index (χ3n) is 5.12. The van der Waals surface area contributed by atoms with E-state index in [4.69, 9.17) is 4.74 Å². The molecule has 1 heterocycles. The van der Waals surface area contributed by atoms with Gasteiger partial charge in [-0.05, 0) is 32.3 Å². The lowest BCUT2D eigenvalue weighted by Crippen LogP contribution is -2.49. The van der Waals surface area contributed by atoms with Crippen molar-refractivity contribution in [2.75, 3.05) is 6.61 Å². The van der Waals surface area contributed by atoms with Gasteiger partial charge >= 0.3 is 6.03 Å². The Bertz CT molecular complexity index is 591. The molecule has 0 saturated heterocycles. The van der Waals surface area contributed by atoms with Gasteiger partial charge in [-0.1, -0.05) is 18.9 Å². The van der Waals surface area contributed by atoms with Crippen molar-refractivity contribution in [1.29, 1.82) is 0 Å². The lowest BCUT2D eigenvalue weighted by Gasteiger charge is -2.20. The second-order valence-electron chi connectivity index (χ2n) is 7.11. The highest BCUT2D eigenvalue weighted by molar-refractivity contribution is 5.74. The number of aromatic nitrogens is 1. The molecule has 3 rings (SSSR count). The summed E-state index contributed by atoms with van der Waals surface area (Å²) in [4.78, 5) is 16.3. The van der Waals surface area contributed by atoms with Crippen LogP contribution in [0.3, 0.4) is 0 Å². The molecular weight excluding hydrogens is 322 g/mol. The number of ether oxygens (including phenoxy) is 1. The Kier molecular flexibility index (Phi) is 5.75. The van der Waals surface area contributed by atoms with Gasteiger partial charge in [-0.2, -0.15) is 0 Å². The van der Waals surface area contributed by atoms with Crippen LogP contribution in [0, 0.1) is 12.8 Å². The number of amides is 2. The van der Waals surface area contributed by atoms with Gasteiger partial charge in [0, 0.05) is 23.7 Å². The van der Waals surface area contributed by atoms with Crippen molar-refractivity contribution >= 4 is 6.03 Å². The minimum Gasteiger partial charge on any atom is -0.477 e. The monoisotopic (exact) mass is 349 g/mol. The molecule has 0 aliphatic heterocycles. The fourth-order valence-corrected chi connectivity index (χ4v) is 3.69. The number of nitrogens with zero attached hydrogens (tertiary/aromatic N) is 1. The molecule has 25 heavy (non-hydrogen) atoms. The molecule has 0 aromatic carbocycles. The number of pyridine rings is 1. The first-order chi connectivity index (χ1) is 12.0. The Morgan fingerprint density at radius 1 is 1.24 bits per heavy atom. The van der Waals surface area contributed by atoms with E-state index in [2.05, 4.69) is 15.6 Å². The number of carbonyl (C=O) groups is 1. The quantitative estimate of drug-likeness (QED) is 0.638. The Morgan fingerprint density at radius 2 is 2.00 bits per heavy atom. The number of carbonyl (C=O) groups excluding carboxylic acids is 1. The van der Waals surface area contributed by atoms with Crippen LogP contribution in [-0.2, 0) is 0 Å².